The first-order valence-corrected chi connectivity index (χ1v) is 9.16. The lowest BCUT2D eigenvalue weighted by molar-refractivity contribution is -0.0558. The van der Waals surface area contributed by atoms with Gasteiger partial charge in [-0.05, 0) is 46.2 Å². The fourth-order valence-electron chi connectivity index (χ4n) is 3.09. The van der Waals surface area contributed by atoms with Crippen LogP contribution in [0.15, 0.2) is 30.3 Å². The van der Waals surface area contributed by atoms with Gasteiger partial charge in [-0.2, -0.15) is 0 Å². The Morgan fingerprint density at radius 3 is 2.54 bits per heavy atom. The van der Waals surface area contributed by atoms with E-state index in [1.54, 1.807) is 0 Å². The van der Waals surface area contributed by atoms with Crippen LogP contribution in [0.4, 0.5) is 0 Å². The number of hydrogen-bond acceptors (Lipinski definition) is 4. The molecule has 4 heteroatoms. The molecule has 1 heterocycles. The van der Waals surface area contributed by atoms with Crippen LogP contribution in [0, 0.1) is 0 Å². The molecule has 136 valence electrons. The Morgan fingerprint density at radius 2 is 1.88 bits per heavy atom. The van der Waals surface area contributed by atoms with Gasteiger partial charge in [0, 0.05) is 32.2 Å². The van der Waals surface area contributed by atoms with E-state index in [0.29, 0.717) is 19.2 Å². The van der Waals surface area contributed by atoms with Crippen molar-refractivity contribution in [2.24, 2.45) is 0 Å². The fraction of sp³-hybridized carbons (Fsp3) is 0.700. The topological polar surface area (TPSA) is 35.9 Å². The van der Waals surface area contributed by atoms with E-state index >= 15 is 0 Å². The van der Waals surface area contributed by atoms with E-state index in [1.165, 1.54) is 5.56 Å². The van der Waals surface area contributed by atoms with Crippen LogP contribution < -0.4 is 0 Å². The van der Waals surface area contributed by atoms with Crippen LogP contribution in [0.2, 0.25) is 0 Å². The molecule has 0 aromatic heterocycles. The van der Waals surface area contributed by atoms with Gasteiger partial charge in [-0.3, -0.25) is 9.80 Å². The quantitative estimate of drug-likeness (QED) is 0.868. The van der Waals surface area contributed by atoms with Crippen molar-refractivity contribution in [1.82, 2.24) is 9.80 Å². The molecule has 4 nitrogen and oxygen atoms in total. The Hall–Kier alpha value is -0.940. The number of β-amino-alcohol motifs (C(OH)–C–C–N with tert-alkyl or cyclic N) is 1. The summed E-state index contributed by atoms with van der Waals surface area (Å²) >= 11 is 0. The molecule has 0 radical (unpaired) electrons. The highest BCUT2D eigenvalue weighted by Crippen LogP contribution is 2.15. The first kappa shape index (κ1) is 19.4. The van der Waals surface area contributed by atoms with Crippen LogP contribution in [0.3, 0.4) is 0 Å². The molecule has 2 rings (SSSR count). The Balaban J connectivity index is 1.80. The highest BCUT2D eigenvalue weighted by atomic mass is 16.5. The van der Waals surface area contributed by atoms with Crippen molar-refractivity contribution in [3.8, 4) is 0 Å². The number of aliphatic hydroxyl groups excluding tert-OH is 1. The van der Waals surface area contributed by atoms with Gasteiger partial charge in [-0.25, -0.2) is 0 Å². The monoisotopic (exact) mass is 334 g/mol. The third kappa shape index (κ3) is 6.89. The maximum absolute atomic E-state index is 10.2. The van der Waals surface area contributed by atoms with Crippen molar-refractivity contribution >= 4 is 0 Å². The van der Waals surface area contributed by atoms with Crippen molar-refractivity contribution in [2.45, 2.75) is 58.4 Å². The second kappa shape index (κ2) is 8.95. The van der Waals surface area contributed by atoms with Gasteiger partial charge in [-0.1, -0.05) is 30.3 Å². The smallest absolute Gasteiger partial charge is 0.0900 e. The number of nitrogens with zero attached hydrogens (tertiary/aromatic N) is 2. The largest absolute Gasteiger partial charge is 0.389 e. The lowest BCUT2D eigenvalue weighted by atomic mass is 10.1. The zero-order valence-electron chi connectivity index (χ0n) is 15.7. The molecule has 1 aliphatic rings. The van der Waals surface area contributed by atoms with Crippen LogP contribution in [-0.2, 0) is 11.3 Å². The van der Waals surface area contributed by atoms with Gasteiger partial charge in [0.2, 0.25) is 0 Å². The summed E-state index contributed by atoms with van der Waals surface area (Å²) in [5.41, 5.74) is 1.18. The van der Waals surface area contributed by atoms with Crippen LogP contribution >= 0.6 is 0 Å². The fourth-order valence-corrected chi connectivity index (χ4v) is 3.09. The summed E-state index contributed by atoms with van der Waals surface area (Å²) in [6.45, 7) is 13.6. The van der Waals surface area contributed by atoms with Crippen molar-refractivity contribution in [3.05, 3.63) is 35.9 Å². The summed E-state index contributed by atoms with van der Waals surface area (Å²) in [6, 6.07) is 11.2. The van der Waals surface area contributed by atoms with E-state index in [0.717, 1.165) is 32.6 Å². The molecule has 2 unspecified atom stereocenters. The molecule has 0 spiro atoms. The molecule has 1 aromatic carbocycles. The minimum Gasteiger partial charge on any atom is -0.389 e. The van der Waals surface area contributed by atoms with E-state index in [4.69, 9.17) is 4.74 Å². The molecule has 1 aromatic rings. The van der Waals surface area contributed by atoms with Crippen LogP contribution in [0.25, 0.3) is 0 Å². The molecular weight excluding hydrogens is 300 g/mol. The van der Waals surface area contributed by atoms with Gasteiger partial charge < -0.3 is 9.84 Å². The van der Waals surface area contributed by atoms with Crippen LogP contribution in [0.5, 0.6) is 0 Å². The average molecular weight is 335 g/mol. The number of hydrogen-bond donors (Lipinski definition) is 1. The van der Waals surface area contributed by atoms with E-state index in [-0.39, 0.29) is 5.60 Å². The average Bonchev–Trinajstić information content (AvgIpc) is 2.69. The third-order valence-corrected chi connectivity index (χ3v) is 4.60. The van der Waals surface area contributed by atoms with Crippen molar-refractivity contribution in [1.29, 1.82) is 0 Å². The van der Waals surface area contributed by atoms with Gasteiger partial charge >= 0.3 is 0 Å². The van der Waals surface area contributed by atoms with Gasteiger partial charge in [0.05, 0.1) is 18.3 Å². The van der Waals surface area contributed by atoms with Crippen LogP contribution in [0.1, 0.15) is 39.7 Å². The van der Waals surface area contributed by atoms with Gasteiger partial charge in [0.15, 0.2) is 0 Å². The third-order valence-electron chi connectivity index (χ3n) is 4.60. The zero-order chi connectivity index (χ0) is 17.6. The number of benzene rings is 1. The maximum Gasteiger partial charge on any atom is 0.0900 e. The lowest BCUT2D eigenvalue weighted by Crippen LogP contribution is -2.39. The van der Waals surface area contributed by atoms with Gasteiger partial charge in [-0.15, -0.1) is 0 Å². The molecule has 1 fully saturated rings. The van der Waals surface area contributed by atoms with Crippen molar-refractivity contribution < 1.29 is 9.84 Å². The molecule has 0 amide bonds. The van der Waals surface area contributed by atoms with E-state index in [9.17, 15) is 5.11 Å². The SMILES string of the molecule is CC1CCN(CC(O)COC(C)(C)C)CCN1Cc1ccccc1. The van der Waals surface area contributed by atoms with Crippen molar-refractivity contribution in [2.75, 3.05) is 32.8 Å². The second-order valence-corrected chi connectivity index (χ2v) is 7.97. The molecule has 0 bridgehead atoms. The highest BCUT2D eigenvalue weighted by molar-refractivity contribution is 5.14. The second-order valence-electron chi connectivity index (χ2n) is 7.97. The Morgan fingerprint density at radius 1 is 1.17 bits per heavy atom. The standard InChI is InChI=1S/C20H34N2O2/c1-17-10-11-21(15-19(23)16-24-20(2,3)4)12-13-22(17)14-18-8-6-5-7-9-18/h5-9,17,19,23H,10-16H2,1-4H3. The summed E-state index contributed by atoms with van der Waals surface area (Å²) in [4.78, 5) is 4.92. The van der Waals surface area contributed by atoms with Gasteiger partial charge in [0.25, 0.3) is 0 Å². The minimum atomic E-state index is -0.416. The predicted molar refractivity (Wildman–Crippen MR) is 99.1 cm³/mol. The first-order valence-electron chi connectivity index (χ1n) is 9.16. The molecular formula is C20H34N2O2. The Kier molecular flexibility index (Phi) is 7.23. The maximum atomic E-state index is 10.2. The number of aliphatic hydroxyl groups is 1. The Bertz CT molecular complexity index is 472. The minimum absolute atomic E-state index is 0.194. The molecule has 1 saturated heterocycles. The molecule has 0 aliphatic carbocycles. The molecule has 24 heavy (non-hydrogen) atoms. The summed E-state index contributed by atoms with van der Waals surface area (Å²) < 4.78 is 5.70. The predicted octanol–water partition coefficient (Wildman–Crippen LogP) is 2.76. The molecule has 2 atom stereocenters. The molecule has 0 saturated carbocycles. The number of ether oxygens (including phenoxy) is 1. The number of rotatable bonds is 6. The van der Waals surface area contributed by atoms with Crippen molar-refractivity contribution in [3.63, 3.8) is 0 Å². The zero-order valence-corrected chi connectivity index (χ0v) is 15.7. The Labute approximate surface area is 147 Å². The summed E-state index contributed by atoms with van der Waals surface area (Å²) in [5.74, 6) is 0. The summed E-state index contributed by atoms with van der Waals surface area (Å²) in [5, 5.41) is 10.2. The van der Waals surface area contributed by atoms with E-state index in [2.05, 4.69) is 47.1 Å². The van der Waals surface area contributed by atoms with Crippen LogP contribution in [-0.4, -0.2) is 65.4 Å². The van der Waals surface area contributed by atoms with Gasteiger partial charge in [0.1, 0.15) is 0 Å². The normalized spacial score (nSPS) is 22.3. The molecule has 1 N–H and O–H groups in total. The summed E-state index contributed by atoms with van der Waals surface area (Å²) in [6.07, 6.45) is 0.722. The van der Waals surface area contributed by atoms with E-state index in [1.807, 2.05) is 20.8 Å². The molecule has 1 aliphatic heterocycles. The first-order chi connectivity index (χ1) is 11.3. The summed E-state index contributed by atoms with van der Waals surface area (Å²) in [7, 11) is 0. The van der Waals surface area contributed by atoms with E-state index < -0.39 is 6.10 Å². The highest BCUT2D eigenvalue weighted by Gasteiger charge is 2.23. The lowest BCUT2D eigenvalue weighted by Gasteiger charge is -2.27.